The van der Waals surface area contributed by atoms with Gasteiger partial charge in [-0.05, 0) is 22.0 Å². The molecule has 1 aromatic rings. The van der Waals surface area contributed by atoms with Crippen molar-refractivity contribution in [2.24, 2.45) is 0 Å². The topological polar surface area (TPSA) is 42.4 Å². The molecule has 1 rings (SSSR count). The predicted octanol–water partition coefficient (Wildman–Crippen LogP) is 2.47. The van der Waals surface area contributed by atoms with Crippen molar-refractivity contribution in [2.75, 3.05) is 25.6 Å². The van der Waals surface area contributed by atoms with E-state index in [2.05, 4.69) is 25.7 Å². The standard InChI is InChI=1S/C10H10BrF3N2O2/c1-16(5-8(17)18-2)9-7(10(12,13)14)3-6(11)4-15-9/h3-4H,5H2,1-2H3. The molecule has 4 nitrogen and oxygen atoms in total. The van der Waals surface area contributed by atoms with Crippen LogP contribution in [0, 0.1) is 0 Å². The van der Waals surface area contributed by atoms with E-state index in [0.717, 1.165) is 18.1 Å². The number of likely N-dealkylation sites (N-methyl/N-ethyl adjacent to an activating group) is 1. The van der Waals surface area contributed by atoms with Gasteiger partial charge in [-0.3, -0.25) is 4.79 Å². The van der Waals surface area contributed by atoms with Crippen molar-refractivity contribution < 1.29 is 22.7 Å². The molecule has 100 valence electrons. The summed E-state index contributed by atoms with van der Waals surface area (Å²) >= 11 is 2.93. The van der Waals surface area contributed by atoms with Gasteiger partial charge in [-0.1, -0.05) is 0 Å². The fourth-order valence-electron chi connectivity index (χ4n) is 1.28. The average molecular weight is 327 g/mol. The maximum atomic E-state index is 12.8. The Balaban J connectivity index is 3.12. The first kappa shape index (κ1) is 14.7. The van der Waals surface area contributed by atoms with Crippen LogP contribution in [-0.2, 0) is 15.7 Å². The summed E-state index contributed by atoms with van der Waals surface area (Å²) in [5.41, 5.74) is -0.914. The van der Waals surface area contributed by atoms with E-state index < -0.39 is 17.7 Å². The normalized spacial score (nSPS) is 11.2. The van der Waals surface area contributed by atoms with Crippen LogP contribution in [0.5, 0.6) is 0 Å². The van der Waals surface area contributed by atoms with Gasteiger partial charge in [-0.25, -0.2) is 4.98 Å². The first-order valence-corrected chi connectivity index (χ1v) is 5.55. The van der Waals surface area contributed by atoms with E-state index >= 15 is 0 Å². The molecule has 0 fully saturated rings. The van der Waals surface area contributed by atoms with Gasteiger partial charge < -0.3 is 9.64 Å². The molecule has 0 amide bonds. The van der Waals surface area contributed by atoms with E-state index in [1.54, 1.807) is 0 Å². The number of carbonyl (C=O) groups is 1. The highest BCUT2D eigenvalue weighted by molar-refractivity contribution is 9.10. The van der Waals surface area contributed by atoms with Crippen LogP contribution >= 0.6 is 15.9 Å². The number of alkyl halides is 3. The molecule has 0 N–H and O–H groups in total. The van der Waals surface area contributed by atoms with E-state index in [1.165, 1.54) is 13.2 Å². The molecular formula is C10H10BrF3N2O2. The first-order chi connectivity index (χ1) is 8.25. The van der Waals surface area contributed by atoms with Crippen molar-refractivity contribution in [1.82, 2.24) is 4.98 Å². The summed E-state index contributed by atoms with van der Waals surface area (Å²) in [4.78, 5) is 15.8. The van der Waals surface area contributed by atoms with Crippen LogP contribution in [0.4, 0.5) is 19.0 Å². The van der Waals surface area contributed by atoms with Gasteiger partial charge >= 0.3 is 12.1 Å². The molecule has 0 aliphatic rings. The van der Waals surface area contributed by atoms with Gasteiger partial charge in [-0.15, -0.1) is 0 Å². The third-order valence-corrected chi connectivity index (χ3v) is 2.53. The second-order valence-corrected chi connectivity index (χ2v) is 4.37. The third kappa shape index (κ3) is 3.59. The number of nitrogens with zero attached hydrogens (tertiary/aromatic N) is 2. The number of rotatable bonds is 3. The number of carbonyl (C=O) groups excluding carboxylic acids is 1. The Morgan fingerprint density at radius 2 is 2.17 bits per heavy atom. The number of methoxy groups -OCH3 is 1. The Bertz CT molecular complexity index is 451. The molecule has 0 spiro atoms. The van der Waals surface area contributed by atoms with Crippen molar-refractivity contribution in [3.8, 4) is 0 Å². The van der Waals surface area contributed by atoms with Crippen LogP contribution in [0.15, 0.2) is 16.7 Å². The molecule has 0 unspecified atom stereocenters. The highest BCUT2D eigenvalue weighted by Crippen LogP contribution is 2.36. The van der Waals surface area contributed by atoms with Crippen molar-refractivity contribution in [2.45, 2.75) is 6.18 Å². The summed E-state index contributed by atoms with van der Waals surface area (Å²) < 4.78 is 43.0. The zero-order valence-electron chi connectivity index (χ0n) is 9.58. The summed E-state index contributed by atoms with van der Waals surface area (Å²) in [6, 6.07) is 0.913. The largest absolute Gasteiger partial charge is 0.468 e. The highest BCUT2D eigenvalue weighted by atomic mass is 79.9. The molecule has 0 aliphatic heterocycles. The van der Waals surface area contributed by atoms with E-state index in [-0.39, 0.29) is 16.8 Å². The van der Waals surface area contributed by atoms with Crippen molar-refractivity contribution in [3.63, 3.8) is 0 Å². The maximum Gasteiger partial charge on any atom is 0.419 e. The molecule has 18 heavy (non-hydrogen) atoms. The molecule has 8 heteroatoms. The molecule has 0 aromatic carbocycles. The molecule has 0 aliphatic carbocycles. The Morgan fingerprint density at radius 1 is 1.56 bits per heavy atom. The van der Waals surface area contributed by atoms with Crippen LogP contribution in [0.1, 0.15) is 5.56 Å². The quantitative estimate of drug-likeness (QED) is 0.800. The molecule has 1 aromatic heterocycles. The summed E-state index contributed by atoms with van der Waals surface area (Å²) in [7, 11) is 2.50. The van der Waals surface area contributed by atoms with Gasteiger partial charge in [0.2, 0.25) is 0 Å². The lowest BCUT2D eigenvalue weighted by molar-refractivity contribution is -0.140. The fraction of sp³-hybridized carbons (Fsp3) is 0.400. The first-order valence-electron chi connectivity index (χ1n) is 4.76. The smallest absolute Gasteiger partial charge is 0.419 e. The van der Waals surface area contributed by atoms with Gasteiger partial charge in [0.05, 0.1) is 12.7 Å². The number of halogens is 4. The maximum absolute atomic E-state index is 12.8. The number of pyridine rings is 1. The Kier molecular flexibility index (Phi) is 4.55. The second kappa shape index (κ2) is 5.55. The number of hydrogen-bond donors (Lipinski definition) is 0. The molecule has 0 atom stereocenters. The van der Waals surface area contributed by atoms with Crippen molar-refractivity contribution in [3.05, 3.63) is 22.3 Å². The van der Waals surface area contributed by atoms with E-state index in [0.29, 0.717) is 0 Å². The number of anilines is 1. The van der Waals surface area contributed by atoms with Crippen molar-refractivity contribution >= 4 is 27.7 Å². The average Bonchev–Trinajstić information content (AvgIpc) is 2.27. The van der Waals surface area contributed by atoms with Crippen molar-refractivity contribution in [1.29, 1.82) is 0 Å². The van der Waals surface area contributed by atoms with Gasteiger partial charge in [0, 0.05) is 17.7 Å². The Hall–Kier alpha value is -1.31. The van der Waals surface area contributed by atoms with E-state index in [4.69, 9.17) is 0 Å². The van der Waals surface area contributed by atoms with Gasteiger partial charge in [0.25, 0.3) is 0 Å². The van der Waals surface area contributed by atoms with Gasteiger partial charge in [-0.2, -0.15) is 13.2 Å². The number of hydrogen-bond acceptors (Lipinski definition) is 4. The lowest BCUT2D eigenvalue weighted by Crippen LogP contribution is -2.29. The van der Waals surface area contributed by atoms with Crippen LogP contribution < -0.4 is 4.90 Å². The molecule has 0 bridgehead atoms. The Labute approximate surface area is 110 Å². The van der Waals surface area contributed by atoms with Crippen LogP contribution in [-0.4, -0.2) is 31.7 Å². The molecule has 1 heterocycles. The summed E-state index contributed by atoms with van der Waals surface area (Å²) in [6.07, 6.45) is -3.31. The summed E-state index contributed by atoms with van der Waals surface area (Å²) in [5.74, 6) is -0.966. The van der Waals surface area contributed by atoms with E-state index in [1.807, 2.05) is 0 Å². The third-order valence-electron chi connectivity index (χ3n) is 2.09. The van der Waals surface area contributed by atoms with Crippen LogP contribution in [0.2, 0.25) is 0 Å². The molecule has 0 saturated heterocycles. The second-order valence-electron chi connectivity index (χ2n) is 3.45. The monoisotopic (exact) mass is 326 g/mol. The predicted molar refractivity (Wildman–Crippen MR) is 62.2 cm³/mol. The van der Waals surface area contributed by atoms with Gasteiger partial charge in [0.1, 0.15) is 12.4 Å². The minimum atomic E-state index is -4.55. The van der Waals surface area contributed by atoms with E-state index in [9.17, 15) is 18.0 Å². The van der Waals surface area contributed by atoms with Crippen LogP contribution in [0.3, 0.4) is 0 Å². The molecular weight excluding hydrogens is 317 g/mol. The number of esters is 1. The minimum absolute atomic E-state index is 0.213. The zero-order valence-corrected chi connectivity index (χ0v) is 11.2. The lowest BCUT2D eigenvalue weighted by atomic mass is 10.2. The highest BCUT2D eigenvalue weighted by Gasteiger charge is 2.36. The van der Waals surface area contributed by atoms with Gasteiger partial charge in [0.15, 0.2) is 0 Å². The number of aromatic nitrogens is 1. The minimum Gasteiger partial charge on any atom is -0.468 e. The molecule has 0 radical (unpaired) electrons. The lowest BCUT2D eigenvalue weighted by Gasteiger charge is -2.21. The SMILES string of the molecule is COC(=O)CN(C)c1ncc(Br)cc1C(F)(F)F. The Morgan fingerprint density at radius 3 is 2.67 bits per heavy atom. The molecule has 0 saturated carbocycles. The van der Waals surface area contributed by atoms with Crippen LogP contribution in [0.25, 0.3) is 0 Å². The fourth-order valence-corrected chi connectivity index (χ4v) is 1.61. The zero-order chi connectivity index (χ0) is 13.9. The number of ether oxygens (including phenoxy) is 1. The summed E-state index contributed by atoms with van der Waals surface area (Å²) in [6.45, 7) is -0.311. The summed E-state index contributed by atoms with van der Waals surface area (Å²) in [5, 5.41) is 0.